The molecule has 3 rings (SSSR count). The van der Waals surface area contributed by atoms with Gasteiger partial charge in [0.1, 0.15) is 5.52 Å². The van der Waals surface area contributed by atoms with Gasteiger partial charge >= 0.3 is 0 Å². The number of hydrogen-bond donors (Lipinski definition) is 2. The maximum Gasteiger partial charge on any atom is 0.232 e. The summed E-state index contributed by atoms with van der Waals surface area (Å²) in [6.07, 6.45) is 1.30. The molecule has 1 saturated heterocycles. The van der Waals surface area contributed by atoms with Crippen molar-refractivity contribution < 1.29 is 13.9 Å². The first-order valence-corrected chi connectivity index (χ1v) is 8.34. The van der Waals surface area contributed by atoms with Gasteiger partial charge in [-0.2, -0.15) is 0 Å². The van der Waals surface area contributed by atoms with Gasteiger partial charge in [0.25, 0.3) is 0 Å². The standard InChI is InChI=1S/C18H25N3O3.ClH/c1-17(2,3)16-21-13-10-12(4-5-14(13)24-16)20-15(22)18(11-19)6-8-23-9-7-18;/h4-5,10H,6-9,11,19H2,1-3H3,(H,20,22);1H. The van der Waals surface area contributed by atoms with Gasteiger partial charge in [-0.1, -0.05) is 20.8 Å². The van der Waals surface area contributed by atoms with Gasteiger partial charge in [-0.15, -0.1) is 12.4 Å². The topological polar surface area (TPSA) is 90.4 Å². The molecule has 1 fully saturated rings. The molecule has 0 saturated carbocycles. The minimum Gasteiger partial charge on any atom is -0.440 e. The number of carbonyl (C=O) groups excluding carboxylic acids is 1. The number of nitrogens with one attached hydrogen (secondary N) is 1. The average Bonchev–Trinajstić information content (AvgIpc) is 2.99. The number of halogens is 1. The number of oxazole rings is 1. The van der Waals surface area contributed by atoms with Crippen LogP contribution in [-0.4, -0.2) is 30.6 Å². The lowest BCUT2D eigenvalue weighted by Crippen LogP contribution is -2.46. The summed E-state index contributed by atoms with van der Waals surface area (Å²) in [5.74, 6) is 0.635. The number of nitrogens with two attached hydrogens (primary N) is 1. The second-order valence-electron chi connectivity index (χ2n) is 7.50. The zero-order chi connectivity index (χ0) is 17.4. The zero-order valence-corrected chi connectivity index (χ0v) is 15.7. The molecule has 25 heavy (non-hydrogen) atoms. The number of ether oxygens (including phenoxy) is 1. The Morgan fingerprint density at radius 3 is 2.60 bits per heavy atom. The van der Waals surface area contributed by atoms with E-state index in [2.05, 4.69) is 31.1 Å². The third kappa shape index (κ3) is 3.97. The van der Waals surface area contributed by atoms with Crippen LogP contribution in [0.3, 0.4) is 0 Å². The number of rotatable bonds is 3. The van der Waals surface area contributed by atoms with Crippen LogP contribution in [0.15, 0.2) is 22.6 Å². The van der Waals surface area contributed by atoms with Crippen LogP contribution in [0.5, 0.6) is 0 Å². The lowest BCUT2D eigenvalue weighted by molar-refractivity contribution is -0.130. The molecular weight excluding hydrogens is 342 g/mol. The molecule has 0 atom stereocenters. The smallest absolute Gasteiger partial charge is 0.232 e. The Labute approximate surface area is 153 Å². The van der Waals surface area contributed by atoms with E-state index in [4.69, 9.17) is 14.9 Å². The van der Waals surface area contributed by atoms with Gasteiger partial charge in [0.2, 0.25) is 11.8 Å². The third-order valence-electron chi connectivity index (χ3n) is 4.61. The highest BCUT2D eigenvalue weighted by molar-refractivity contribution is 5.97. The van der Waals surface area contributed by atoms with Gasteiger partial charge in [0.05, 0.1) is 5.41 Å². The number of aromatic nitrogens is 1. The molecule has 6 nitrogen and oxygen atoms in total. The lowest BCUT2D eigenvalue weighted by atomic mass is 9.79. The SMILES string of the molecule is CC(C)(C)c1nc2cc(NC(=O)C3(CN)CCOCC3)ccc2o1.Cl. The first kappa shape index (κ1) is 19.7. The van der Waals surface area contributed by atoms with Crippen LogP contribution in [-0.2, 0) is 14.9 Å². The molecule has 2 heterocycles. The van der Waals surface area contributed by atoms with Crippen LogP contribution in [0.4, 0.5) is 5.69 Å². The second kappa shape index (κ2) is 7.32. The monoisotopic (exact) mass is 367 g/mol. The van der Waals surface area contributed by atoms with Crippen molar-refractivity contribution in [3.05, 3.63) is 24.1 Å². The first-order valence-electron chi connectivity index (χ1n) is 8.34. The number of nitrogens with zero attached hydrogens (tertiary/aromatic N) is 1. The van der Waals surface area contributed by atoms with Crippen molar-refractivity contribution in [3.63, 3.8) is 0 Å². The van der Waals surface area contributed by atoms with E-state index in [9.17, 15) is 4.79 Å². The summed E-state index contributed by atoms with van der Waals surface area (Å²) in [6, 6.07) is 5.52. The number of hydrogen-bond acceptors (Lipinski definition) is 5. The summed E-state index contributed by atoms with van der Waals surface area (Å²) >= 11 is 0. The molecule has 138 valence electrons. The molecule has 0 spiro atoms. The zero-order valence-electron chi connectivity index (χ0n) is 14.9. The molecule has 7 heteroatoms. The third-order valence-corrected chi connectivity index (χ3v) is 4.61. The molecule has 3 N–H and O–H groups in total. The highest BCUT2D eigenvalue weighted by atomic mass is 35.5. The summed E-state index contributed by atoms with van der Waals surface area (Å²) in [5, 5.41) is 2.99. The molecular formula is C18H26ClN3O3. The van der Waals surface area contributed by atoms with Gasteiger partial charge < -0.3 is 20.2 Å². The van der Waals surface area contributed by atoms with Crippen molar-refractivity contribution >= 4 is 35.1 Å². The average molecular weight is 368 g/mol. The quantitative estimate of drug-likeness (QED) is 0.869. The minimum absolute atomic E-state index is 0. The number of carbonyl (C=O) groups is 1. The summed E-state index contributed by atoms with van der Waals surface area (Å²) < 4.78 is 11.2. The number of amides is 1. The molecule has 1 aliphatic rings. The van der Waals surface area contributed by atoms with Crippen molar-refractivity contribution in [2.45, 2.75) is 39.0 Å². The van der Waals surface area contributed by atoms with Crippen LogP contribution < -0.4 is 11.1 Å². The van der Waals surface area contributed by atoms with Crippen LogP contribution in [0, 0.1) is 5.41 Å². The molecule has 1 aromatic carbocycles. The van der Waals surface area contributed by atoms with Crippen LogP contribution in [0.1, 0.15) is 39.5 Å². The van der Waals surface area contributed by atoms with Crippen LogP contribution in [0.25, 0.3) is 11.1 Å². The first-order chi connectivity index (χ1) is 11.3. The van der Waals surface area contributed by atoms with E-state index in [1.807, 2.05) is 18.2 Å². The Kier molecular flexibility index (Phi) is 5.76. The summed E-state index contributed by atoms with van der Waals surface area (Å²) in [7, 11) is 0. The highest BCUT2D eigenvalue weighted by Crippen LogP contribution is 2.32. The Morgan fingerprint density at radius 1 is 1.32 bits per heavy atom. The largest absolute Gasteiger partial charge is 0.440 e. The second-order valence-corrected chi connectivity index (χ2v) is 7.50. The predicted octanol–water partition coefficient (Wildman–Crippen LogP) is 3.24. The summed E-state index contributed by atoms with van der Waals surface area (Å²) in [6.45, 7) is 7.62. The number of fused-ring (bicyclic) bond motifs is 1. The molecule has 0 radical (unpaired) electrons. The molecule has 0 bridgehead atoms. The molecule has 1 amide bonds. The number of benzene rings is 1. The molecule has 2 aromatic rings. The van der Waals surface area contributed by atoms with Crippen molar-refractivity contribution in [1.82, 2.24) is 4.98 Å². The Morgan fingerprint density at radius 2 is 2.00 bits per heavy atom. The predicted molar refractivity (Wildman–Crippen MR) is 100 cm³/mol. The van der Waals surface area contributed by atoms with Gasteiger partial charge in [-0.25, -0.2) is 4.98 Å². The van der Waals surface area contributed by atoms with Crippen molar-refractivity contribution in [2.75, 3.05) is 25.1 Å². The Balaban J connectivity index is 0.00000225. The maximum absolute atomic E-state index is 12.7. The Bertz CT molecular complexity index is 746. The van der Waals surface area contributed by atoms with Gasteiger partial charge in [-0.3, -0.25) is 4.79 Å². The maximum atomic E-state index is 12.7. The van der Waals surface area contributed by atoms with Gasteiger partial charge in [-0.05, 0) is 31.0 Å². The fourth-order valence-corrected chi connectivity index (χ4v) is 2.88. The van der Waals surface area contributed by atoms with Crippen molar-refractivity contribution in [3.8, 4) is 0 Å². The molecule has 0 aliphatic carbocycles. The van der Waals surface area contributed by atoms with Crippen molar-refractivity contribution in [1.29, 1.82) is 0 Å². The molecule has 0 unspecified atom stereocenters. The summed E-state index contributed by atoms with van der Waals surface area (Å²) in [4.78, 5) is 17.3. The van der Waals surface area contributed by atoms with Crippen LogP contribution >= 0.6 is 12.4 Å². The lowest BCUT2D eigenvalue weighted by Gasteiger charge is -2.34. The normalized spacial score (nSPS) is 17.1. The molecule has 1 aliphatic heterocycles. The van der Waals surface area contributed by atoms with Gasteiger partial charge in [0, 0.05) is 30.9 Å². The summed E-state index contributed by atoms with van der Waals surface area (Å²) in [5.41, 5.74) is 7.36. The minimum atomic E-state index is -0.548. The van der Waals surface area contributed by atoms with E-state index in [1.54, 1.807) is 0 Å². The van der Waals surface area contributed by atoms with E-state index in [0.717, 1.165) is 11.1 Å². The Hall–Kier alpha value is -1.63. The van der Waals surface area contributed by atoms with E-state index >= 15 is 0 Å². The van der Waals surface area contributed by atoms with E-state index in [1.165, 1.54) is 0 Å². The number of anilines is 1. The van der Waals surface area contributed by atoms with E-state index in [-0.39, 0.29) is 23.7 Å². The fourth-order valence-electron chi connectivity index (χ4n) is 2.88. The van der Waals surface area contributed by atoms with E-state index in [0.29, 0.717) is 44.2 Å². The van der Waals surface area contributed by atoms with Gasteiger partial charge in [0.15, 0.2) is 5.58 Å². The van der Waals surface area contributed by atoms with E-state index < -0.39 is 5.41 Å². The van der Waals surface area contributed by atoms with Crippen LogP contribution in [0.2, 0.25) is 0 Å². The van der Waals surface area contributed by atoms with Crippen molar-refractivity contribution in [2.24, 2.45) is 11.1 Å². The fraction of sp³-hybridized carbons (Fsp3) is 0.556. The highest BCUT2D eigenvalue weighted by Gasteiger charge is 2.38. The molecule has 1 aromatic heterocycles.